The van der Waals surface area contributed by atoms with Crippen molar-refractivity contribution in [3.8, 4) is 17.1 Å². The van der Waals surface area contributed by atoms with Crippen molar-refractivity contribution in [2.45, 2.75) is 44.8 Å². The number of ether oxygens (including phenoxy) is 1. The Morgan fingerprint density at radius 1 is 1.19 bits per heavy atom. The second-order valence-electron chi connectivity index (χ2n) is 6.75. The van der Waals surface area contributed by atoms with Crippen LogP contribution in [0.5, 0.6) is 5.88 Å². The van der Waals surface area contributed by atoms with Gasteiger partial charge in [0.15, 0.2) is 0 Å². The summed E-state index contributed by atoms with van der Waals surface area (Å²) >= 11 is 0. The number of nitrogens with zero attached hydrogens (tertiary/aromatic N) is 3. The smallest absolute Gasteiger partial charge is 0.213 e. The lowest BCUT2D eigenvalue weighted by Crippen LogP contribution is -2.28. The van der Waals surface area contributed by atoms with E-state index in [-0.39, 0.29) is 6.10 Å². The molecule has 0 radical (unpaired) electrons. The molecule has 0 amide bonds. The number of rotatable bonds is 5. The first-order chi connectivity index (χ1) is 12.7. The molecule has 4 rings (SSSR count). The number of hydrogen-bond acceptors (Lipinski definition) is 5. The molecular formula is C20H24N4O2. The van der Waals surface area contributed by atoms with Crippen molar-refractivity contribution in [1.82, 2.24) is 14.4 Å². The van der Waals surface area contributed by atoms with Crippen molar-refractivity contribution in [2.75, 3.05) is 11.9 Å². The molecule has 0 atom stereocenters. The highest BCUT2D eigenvalue weighted by atomic mass is 16.5. The summed E-state index contributed by atoms with van der Waals surface area (Å²) in [7, 11) is 0. The lowest BCUT2D eigenvalue weighted by molar-refractivity contribution is 0.126. The van der Waals surface area contributed by atoms with Gasteiger partial charge >= 0.3 is 0 Å². The van der Waals surface area contributed by atoms with Gasteiger partial charge in [-0.25, -0.2) is 9.97 Å². The van der Waals surface area contributed by atoms with Gasteiger partial charge in [0.25, 0.3) is 0 Å². The van der Waals surface area contributed by atoms with Gasteiger partial charge in [0, 0.05) is 30.1 Å². The Hall–Kier alpha value is -2.60. The summed E-state index contributed by atoms with van der Waals surface area (Å²) in [6.07, 6.45) is 9.32. The molecule has 0 saturated heterocycles. The standard InChI is InChI=1S/C20H24N4O2/c1-2-26-20-11-14(9-10-21-20)18-12-22-19-8-5-16(13-24(18)19)23-15-3-6-17(25)7-4-15/h5,8-13,15,17,23,25H,2-4,6-7H2,1H3. The van der Waals surface area contributed by atoms with E-state index < -0.39 is 0 Å². The van der Waals surface area contributed by atoms with Gasteiger partial charge in [0.2, 0.25) is 5.88 Å². The average Bonchev–Trinajstić information content (AvgIpc) is 3.07. The first kappa shape index (κ1) is 16.8. The summed E-state index contributed by atoms with van der Waals surface area (Å²) in [5, 5.41) is 13.3. The Kier molecular flexibility index (Phi) is 4.75. The Bertz CT molecular complexity index is 884. The van der Waals surface area contributed by atoms with Gasteiger partial charge in [-0.2, -0.15) is 0 Å². The van der Waals surface area contributed by atoms with E-state index in [9.17, 15) is 5.11 Å². The highest BCUT2D eigenvalue weighted by molar-refractivity contribution is 5.66. The van der Waals surface area contributed by atoms with E-state index in [0.29, 0.717) is 18.5 Å². The number of pyridine rings is 2. The van der Waals surface area contributed by atoms with Crippen LogP contribution in [-0.2, 0) is 0 Å². The molecule has 0 bridgehead atoms. The number of imidazole rings is 1. The molecule has 0 spiro atoms. The molecule has 0 aliphatic heterocycles. The summed E-state index contributed by atoms with van der Waals surface area (Å²) in [6.45, 7) is 2.54. The van der Waals surface area contributed by atoms with Crippen LogP contribution >= 0.6 is 0 Å². The summed E-state index contributed by atoms with van der Waals surface area (Å²) in [6, 6.07) is 8.40. The molecule has 6 heteroatoms. The van der Waals surface area contributed by atoms with Gasteiger partial charge in [-0.05, 0) is 50.8 Å². The van der Waals surface area contributed by atoms with E-state index in [2.05, 4.69) is 31.9 Å². The monoisotopic (exact) mass is 352 g/mol. The quantitative estimate of drug-likeness (QED) is 0.735. The molecule has 136 valence electrons. The SMILES string of the molecule is CCOc1cc(-c2cnc3ccc(NC4CCC(O)CC4)cn23)ccn1. The third kappa shape index (κ3) is 3.51. The molecule has 26 heavy (non-hydrogen) atoms. The number of nitrogens with one attached hydrogen (secondary N) is 1. The van der Waals surface area contributed by atoms with Crippen LogP contribution in [0.15, 0.2) is 42.9 Å². The normalized spacial score (nSPS) is 20.2. The molecule has 1 aliphatic rings. The van der Waals surface area contributed by atoms with Gasteiger partial charge < -0.3 is 15.2 Å². The molecule has 1 aliphatic carbocycles. The van der Waals surface area contributed by atoms with Crippen LogP contribution in [0.25, 0.3) is 16.9 Å². The molecule has 3 aromatic heterocycles. The van der Waals surface area contributed by atoms with Crippen molar-refractivity contribution in [3.63, 3.8) is 0 Å². The van der Waals surface area contributed by atoms with Crippen LogP contribution < -0.4 is 10.1 Å². The van der Waals surface area contributed by atoms with Crippen LogP contribution in [0.3, 0.4) is 0 Å². The Morgan fingerprint density at radius 2 is 2.04 bits per heavy atom. The van der Waals surface area contributed by atoms with Gasteiger partial charge in [0.05, 0.1) is 30.3 Å². The lowest BCUT2D eigenvalue weighted by Gasteiger charge is -2.27. The topological polar surface area (TPSA) is 71.7 Å². The van der Waals surface area contributed by atoms with E-state index in [1.54, 1.807) is 6.20 Å². The van der Waals surface area contributed by atoms with Crippen molar-refractivity contribution in [3.05, 3.63) is 42.9 Å². The minimum absolute atomic E-state index is 0.137. The van der Waals surface area contributed by atoms with Crippen molar-refractivity contribution < 1.29 is 9.84 Å². The molecule has 0 aromatic carbocycles. The molecule has 3 aromatic rings. The zero-order chi connectivity index (χ0) is 17.9. The number of aliphatic hydroxyl groups is 1. The summed E-state index contributed by atoms with van der Waals surface area (Å²) < 4.78 is 7.60. The van der Waals surface area contributed by atoms with E-state index in [1.807, 2.05) is 31.3 Å². The summed E-state index contributed by atoms with van der Waals surface area (Å²) in [5.41, 5.74) is 4.00. The second-order valence-corrected chi connectivity index (χ2v) is 6.75. The first-order valence-electron chi connectivity index (χ1n) is 9.24. The fraction of sp³-hybridized carbons (Fsp3) is 0.400. The second kappa shape index (κ2) is 7.33. The van der Waals surface area contributed by atoms with Crippen molar-refractivity contribution in [2.24, 2.45) is 0 Å². The van der Waals surface area contributed by atoms with Crippen LogP contribution in [0.2, 0.25) is 0 Å². The van der Waals surface area contributed by atoms with Crippen molar-refractivity contribution >= 4 is 11.3 Å². The van der Waals surface area contributed by atoms with Crippen LogP contribution in [-0.4, -0.2) is 38.2 Å². The number of fused-ring (bicyclic) bond motifs is 1. The van der Waals surface area contributed by atoms with E-state index >= 15 is 0 Å². The molecular weight excluding hydrogens is 328 g/mol. The largest absolute Gasteiger partial charge is 0.478 e. The fourth-order valence-electron chi connectivity index (χ4n) is 3.53. The van der Waals surface area contributed by atoms with Crippen molar-refractivity contribution in [1.29, 1.82) is 0 Å². The third-order valence-corrected chi connectivity index (χ3v) is 4.90. The Labute approximate surface area is 152 Å². The van der Waals surface area contributed by atoms with E-state index in [0.717, 1.165) is 48.3 Å². The van der Waals surface area contributed by atoms with Gasteiger partial charge in [0.1, 0.15) is 5.65 Å². The number of aromatic nitrogens is 3. The molecule has 3 heterocycles. The predicted molar refractivity (Wildman–Crippen MR) is 101 cm³/mol. The minimum Gasteiger partial charge on any atom is -0.478 e. The fourth-order valence-corrected chi connectivity index (χ4v) is 3.53. The molecule has 1 saturated carbocycles. The van der Waals surface area contributed by atoms with Gasteiger partial charge in [-0.3, -0.25) is 4.40 Å². The average molecular weight is 352 g/mol. The lowest BCUT2D eigenvalue weighted by atomic mass is 9.93. The summed E-state index contributed by atoms with van der Waals surface area (Å²) in [5.74, 6) is 0.620. The maximum absolute atomic E-state index is 9.67. The van der Waals surface area contributed by atoms with Crippen LogP contribution in [0.1, 0.15) is 32.6 Å². The predicted octanol–water partition coefficient (Wildman–Crippen LogP) is 3.51. The Morgan fingerprint density at radius 3 is 2.85 bits per heavy atom. The first-order valence-corrected chi connectivity index (χ1v) is 9.24. The van der Waals surface area contributed by atoms with Crippen LogP contribution in [0.4, 0.5) is 5.69 Å². The van der Waals surface area contributed by atoms with Gasteiger partial charge in [-0.1, -0.05) is 0 Å². The van der Waals surface area contributed by atoms with E-state index in [4.69, 9.17) is 4.74 Å². The molecule has 0 unspecified atom stereocenters. The Balaban J connectivity index is 1.61. The molecule has 1 fully saturated rings. The molecule has 2 N–H and O–H groups in total. The molecule has 6 nitrogen and oxygen atoms in total. The maximum Gasteiger partial charge on any atom is 0.213 e. The third-order valence-electron chi connectivity index (χ3n) is 4.90. The van der Waals surface area contributed by atoms with Crippen LogP contribution in [0, 0.1) is 0 Å². The highest BCUT2D eigenvalue weighted by Gasteiger charge is 2.19. The zero-order valence-corrected chi connectivity index (χ0v) is 14.9. The minimum atomic E-state index is -0.137. The zero-order valence-electron chi connectivity index (χ0n) is 14.9. The highest BCUT2D eigenvalue weighted by Crippen LogP contribution is 2.26. The number of hydrogen-bond donors (Lipinski definition) is 2. The van der Waals surface area contributed by atoms with E-state index in [1.165, 1.54) is 0 Å². The summed E-state index contributed by atoms with van der Waals surface area (Å²) in [4.78, 5) is 8.74. The number of anilines is 1. The van der Waals surface area contributed by atoms with Gasteiger partial charge in [-0.15, -0.1) is 0 Å². The number of aliphatic hydroxyl groups excluding tert-OH is 1. The maximum atomic E-state index is 9.67.